The molecule has 10 heteroatoms. The number of pyridine rings is 1. The van der Waals surface area contributed by atoms with E-state index in [4.69, 9.17) is 9.47 Å². The molecule has 37 heavy (non-hydrogen) atoms. The molecule has 2 aromatic carbocycles. The molecule has 3 aromatic rings. The molecule has 0 atom stereocenters. The van der Waals surface area contributed by atoms with Gasteiger partial charge in [-0.2, -0.15) is 4.31 Å². The Labute approximate surface area is 216 Å². The van der Waals surface area contributed by atoms with Gasteiger partial charge in [-0.05, 0) is 35.7 Å². The second-order valence-electron chi connectivity index (χ2n) is 8.94. The van der Waals surface area contributed by atoms with Gasteiger partial charge in [0, 0.05) is 52.5 Å². The Morgan fingerprint density at radius 3 is 2.54 bits per heavy atom. The highest BCUT2D eigenvalue weighted by Crippen LogP contribution is 2.26. The molecule has 0 fully saturated rings. The molecule has 1 amide bonds. The van der Waals surface area contributed by atoms with Crippen LogP contribution in [0.4, 0.5) is 0 Å². The third-order valence-electron chi connectivity index (χ3n) is 6.64. The number of likely N-dealkylation sites (N-methyl/N-ethyl adjacent to an activating group) is 1. The fraction of sp³-hybridized carbons (Fsp3) is 0.333. The molecule has 0 aliphatic carbocycles. The van der Waals surface area contributed by atoms with Gasteiger partial charge in [0.15, 0.2) is 6.29 Å². The molecule has 2 heterocycles. The Kier molecular flexibility index (Phi) is 7.93. The molecule has 0 saturated heterocycles. The lowest BCUT2D eigenvalue weighted by Crippen LogP contribution is -2.38. The van der Waals surface area contributed by atoms with E-state index in [0.29, 0.717) is 25.0 Å². The normalized spacial score (nSPS) is 14.1. The van der Waals surface area contributed by atoms with Gasteiger partial charge in [0.2, 0.25) is 15.5 Å². The fourth-order valence-electron chi connectivity index (χ4n) is 4.56. The van der Waals surface area contributed by atoms with E-state index in [1.807, 2.05) is 24.3 Å². The van der Waals surface area contributed by atoms with Gasteiger partial charge < -0.3 is 18.9 Å². The van der Waals surface area contributed by atoms with Crippen molar-refractivity contribution in [3.63, 3.8) is 0 Å². The van der Waals surface area contributed by atoms with Crippen molar-refractivity contribution in [2.24, 2.45) is 0 Å². The maximum absolute atomic E-state index is 13.6. The van der Waals surface area contributed by atoms with Crippen LogP contribution in [0.3, 0.4) is 0 Å². The first kappa shape index (κ1) is 26.7. The number of benzene rings is 2. The number of carbonyl (C=O) groups is 1. The first-order valence-corrected chi connectivity index (χ1v) is 13.3. The largest absolute Gasteiger partial charge is 0.354 e. The zero-order valence-corrected chi connectivity index (χ0v) is 22.0. The number of hydrogen-bond donors (Lipinski definition) is 0. The summed E-state index contributed by atoms with van der Waals surface area (Å²) in [5.41, 5.74) is 1.99. The minimum atomic E-state index is -3.87. The SMILES string of the molecule is C=CCn1cc(C(=O)N(C)CC(OC)OC)c(=O)c2cc(S(=O)(=O)N3CCc4ccccc4C3)ccc21. The van der Waals surface area contributed by atoms with Crippen molar-refractivity contribution >= 4 is 26.8 Å². The highest BCUT2D eigenvalue weighted by Gasteiger charge is 2.29. The van der Waals surface area contributed by atoms with E-state index in [-0.39, 0.29) is 28.9 Å². The number of ether oxygens (including phenoxy) is 2. The Balaban J connectivity index is 1.76. The lowest BCUT2D eigenvalue weighted by Gasteiger charge is -2.28. The van der Waals surface area contributed by atoms with Gasteiger partial charge >= 0.3 is 0 Å². The molecule has 196 valence electrons. The summed E-state index contributed by atoms with van der Waals surface area (Å²) in [7, 11) is 0.594. The lowest BCUT2D eigenvalue weighted by atomic mass is 10.0. The average molecular weight is 526 g/mol. The van der Waals surface area contributed by atoms with Crippen molar-refractivity contribution in [2.75, 3.05) is 34.4 Å². The molecule has 0 bridgehead atoms. The van der Waals surface area contributed by atoms with E-state index in [1.165, 1.54) is 41.8 Å². The first-order valence-electron chi connectivity index (χ1n) is 11.9. The highest BCUT2D eigenvalue weighted by molar-refractivity contribution is 7.89. The van der Waals surface area contributed by atoms with Crippen LogP contribution in [0, 0.1) is 0 Å². The second-order valence-corrected chi connectivity index (χ2v) is 10.9. The number of nitrogens with zero attached hydrogens (tertiary/aromatic N) is 3. The van der Waals surface area contributed by atoms with E-state index >= 15 is 0 Å². The van der Waals surface area contributed by atoms with Crippen molar-refractivity contribution in [2.45, 2.75) is 30.7 Å². The number of methoxy groups -OCH3 is 2. The molecule has 0 spiro atoms. The van der Waals surface area contributed by atoms with Gasteiger partial charge in [-0.3, -0.25) is 9.59 Å². The van der Waals surface area contributed by atoms with Crippen molar-refractivity contribution in [3.05, 3.63) is 88.2 Å². The minimum Gasteiger partial charge on any atom is -0.354 e. The van der Waals surface area contributed by atoms with Crippen molar-refractivity contribution < 1.29 is 22.7 Å². The van der Waals surface area contributed by atoms with Gasteiger partial charge in [-0.25, -0.2) is 8.42 Å². The van der Waals surface area contributed by atoms with E-state index in [9.17, 15) is 18.0 Å². The smallest absolute Gasteiger partial charge is 0.259 e. The van der Waals surface area contributed by atoms with Crippen molar-refractivity contribution in [1.82, 2.24) is 13.8 Å². The van der Waals surface area contributed by atoms with Gasteiger partial charge in [-0.1, -0.05) is 30.3 Å². The van der Waals surface area contributed by atoms with Crippen LogP contribution in [0.5, 0.6) is 0 Å². The quantitative estimate of drug-likeness (QED) is 0.315. The van der Waals surface area contributed by atoms with E-state index < -0.39 is 27.6 Å². The molecular weight excluding hydrogens is 494 g/mol. The van der Waals surface area contributed by atoms with Crippen molar-refractivity contribution in [1.29, 1.82) is 0 Å². The monoisotopic (exact) mass is 525 g/mol. The Morgan fingerprint density at radius 1 is 1.16 bits per heavy atom. The van der Waals surface area contributed by atoms with Gasteiger partial charge in [-0.15, -0.1) is 6.58 Å². The summed E-state index contributed by atoms with van der Waals surface area (Å²) in [5.74, 6) is -0.523. The molecule has 0 N–H and O–H groups in total. The summed E-state index contributed by atoms with van der Waals surface area (Å²) >= 11 is 0. The van der Waals surface area contributed by atoms with Crippen LogP contribution in [0.1, 0.15) is 21.5 Å². The number of carbonyl (C=O) groups excluding carboxylic acids is 1. The second kappa shape index (κ2) is 11.0. The maximum Gasteiger partial charge on any atom is 0.259 e. The molecule has 4 rings (SSSR count). The number of hydrogen-bond acceptors (Lipinski definition) is 6. The molecule has 0 radical (unpaired) electrons. The topological polar surface area (TPSA) is 98.1 Å². The zero-order valence-electron chi connectivity index (χ0n) is 21.2. The molecule has 1 aromatic heterocycles. The number of aromatic nitrogens is 1. The third kappa shape index (κ3) is 5.24. The number of fused-ring (bicyclic) bond motifs is 2. The predicted octanol–water partition coefficient (Wildman–Crippen LogP) is 2.63. The van der Waals surface area contributed by atoms with Gasteiger partial charge in [0.1, 0.15) is 5.56 Å². The maximum atomic E-state index is 13.6. The average Bonchev–Trinajstić information content (AvgIpc) is 2.92. The zero-order chi connectivity index (χ0) is 26.7. The van der Waals surface area contributed by atoms with E-state index in [0.717, 1.165) is 11.1 Å². The number of sulfonamides is 1. The Morgan fingerprint density at radius 2 is 1.86 bits per heavy atom. The summed E-state index contributed by atoms with van der Waals surface area (Å²) in [6.07, 6.45) is 3.08. The number of allylic oxidation sites excluding steroid dienone is 1. The first-order chi connectivity index (χ1) is 17.7. The molecule has 9 nitrogen and oxygen atoms in total. The highest BCUT2D eigenvalue weighted by atomic mass is 32.2. The fourth-order valence-corrected chi connectivity index (χ4v) is 6.01. The molecular formula is C27H31N3O6S. The lowest BCUT2D eigenvalue weighted by molar-refractivity contribution is -0.110. The Bertz CT molecular complexity index is 1490. The molecule has 1 aliphatic heterocycles. The van der Waals surface area contributed by atoms with E-state index in [2.05, 4.69) is 6.58 Å². The van der Waals surface area contributed by atoms with Crippen LogP contribution in [0.15, 0.2) is 71.0 Å². The minimum absolute atomic E-state index is 0.0124. The van der Waals surface area contributed by atoms with Crippen LogP contribution >= 0.6 is 0 Å². The summed E-state index contributed by atoms with van der Waals surface area (Å²) in [6, 6.07) is 12.3. The summed E-state index contributed by atoms with van der Waals surface area (Å²) in [5, 5.41) is 0.148. The summed E-state index contributed by atoms with van der Waals surface area (Å²) in [4.78, 5) is 28.1. The van der Waals surface area contributed by atoms with Crippen LogP contribution in [0.2, 0.25) is 0 Å². The number of amides is 1. The van der Waals surface area contributed by atoms with Gasteiger partial charge in [0.05, 0.1) is 17.0 Å². The van der Waals surface area contributed by atoms with Crippen LogP contribution in [-0.2, 0) is 39.0 Å². The van der Waals surface area contributed by atoms with Crippen LogP contribution < -0.4 is 5.43 Å². The van der Waals surface area contributed by atoms with Crippen LogP contribution in [0.25, 0.3) is 10.9 Å². The van der Waals surface area contributed by atoms with Crippen LogP contribution in [-0.4, -0.2) is 68.7 Å². The molecule has 1 aliphatic rings. The summed E-state index contributed by atoms with van der Waals surface area (Å²) < 4.78 is 40.6. The van der Waals surface area contributed by atoms with Gasteiger partial charge in [0.25, 0.3) is 5.91 Å². The number of rotatable bonds is 9. The molecule has 0 unspecified atom stereocenters. The van der Waals surface area contributed by atoms with Crippen molar-refractivity contribution in [3.8, 4) is 0 Å². The third-order valence-corrected chi connectivity index (χ3v) is 8.48. The standard InChI is InChI=1S/C27H31N3O6S/c1-5-13-29-17-23(27(32)28(2)18-25(35-3)36-4)26(31)22-15-21(10-11-24(22)29)37(33,34)30-14-12-19-8-6-7-9-20(19)16-30/h5-11,15,17,25H,1,12-14,16,18H2,2-4H3. The Hall–Kier alpha value is -3.31. The molecule has 0 saturated carbocycles. The predicted molar refractivity (Wildman–Crippen MR) is 141 cm³/mol. The van der Waals surface area contributed by atoms with E-state index in [1.54, 1.807) is 23.8 Å². The summed E-state index contributed by atoms with van der Waals surface area (Å²) in [6.45, 7) is 4.81.